The van der Waals surface area contributed by atoms with Gasteiger partial charge in [-0.05, 0) is 24.3 Å². The van der Waals surface area contributed by atoms with E-state index in [0.29, 0.717) is 11.3 Å². The third-order valence-corrected chi connectivity index (χ3v) is 2.38. The van der Waals surface area contributed by atoms with E-state index in [1.165, 1.54) is 18.2 Å². The summed E-state index contributed by atoms with van der Waals surface area (Å²) in [5.74, 6) is -0.771. The third-order valence-electron chi connectivity index (χ3n) is 2.38. The second kappa shape index (κ2) is 6.34. The Balaban J connectivity index is 1.94. The lowest BCUT2D eigenvalue weighted by Crippen LogP contribution is -2.18. The molecule has 2 aromatic rings. The fourth-order valence-electron chi connectivity index (χ4n) is 1.51. The van der Waals surface area contributed by atoms with E-state index < -0.39 is 11.8 Å². The molecule has 0 bridgehead atoms. The maximum atomic E-state index is 12.9. The number of benzene rings is 2. The first-order valence-electron chi connectivity index (χ1n) is 5.77. The van der Waals surface area contributed by atoms with Crippen LogP contribution in [0.5, 0.6) is 11.5 Å². The minimum absolute atomic E-state index is 0.104. The van der Waals surface area contributed by atoms with Gasteiger partial charge in [0.05, 0.1) is 5.56 Å². The molecule has 0 amide bonds. The van der Waals surface area contributed by atoms with Crippen molar-refractivity contribution in [1.82, 2.24) is 0 Å². The summed E-state index contributed by atoms with van der Waals surface area (Å²) in [5, 5.41) is 8.86. The standard InChI is InChI=1S/C15H10FNO3/c16-12-5-3-6-13(8-12)20-15(18)10-19-14-7-2-1-4-11(14)9-17/h1-8H,10H2. The van der Waals surface area contributed by atoms with Crippen molar-refractivity contribution in [2.24, 2.45) is 0 Å². The molecule has 2 rings (SSSR count). The van der Waals surface area contributed by atoms with E-state index in [9.17, 15) is 9.18 Å². The molecule has 0 fully saturated rings. The highest BCUT2D eigenvalue weighted by Crippen LogP contribution is 2.17. The first-order chi connectivity index (χ1) is 9.69. The molecule has 100 valence electrons. The summed E-state index contributed by atoms with van der Waals surface area (Å²) in [7, 11) is 0. The van der Waals surface area contributed by atoms with Crippen molar-refractivity contribution in [2.45, 2.75) is 0 Å². The van der Waals surface area contributed by atoms with Gasteiger partial charge < -0.3 is 9.47 Å². The molecule has 0 aliphatic rings. The van der Waals surface area contributed by atoms with Crippen LogP contribution in [0.4, 0.5) is 4.39 Å². The zero-order valence-corrected chi connectivity index (χ0v) is 10.4. The van der Waals surface area contributed by atoms with Crippen LogP contribution in [0.15, 0.2) is 48.5 Å². The SMILES string of the molecule is N#Cc1ccccc1OCC(=O)Oc1cccc(F)c1. The lowest BCUT2D eigenvalue weighted by atomic mass is 10.2. The van der Waals surface area contributed by atoms with Gasteiger partial charge >= 0.3 is 5.97 Å². The third kappa shape index (κ3) is 3.56. The summed E-state index contributed by atoms with van der Waals surface area (Å²) in [4.78, 5) is 11.5. The summed E-state index contributed by atoms with van der Waals surface area (Å²) in [6, 6.07) is 13.7. The van der Waals surface area contributed by atoms with Crippen LogP contribution in [0, 0.1) is 17.1 Å². The van der Waals surface area contributed by atoms with Gasteiger partial charge in [-0.3, -0.25) is 0 Å². The first-order valence-corrected chi connectivity index (χ1v) is 5.77. The number of para-hydroxylation sites is 1. The second-order valence-corrected chi connectivity index (χ2v) is 3.83. The molecule has 2 aromatic carbocycles. The molecule has 0 unspecified atom stereocenters. The molecule has 0 spiro atoms. The minimum Gasteiger partial charge on any atom is -0.481 e. The molecule has 0 saturated carbocycles. The van der Waals surface area contributed by atoms with E-state index in [-0.39, 0.29) is 12.4 Å². The number of hydrogen-bond acceptors (Lipinski definition) is 4. The highest BCUT2D eigenvalue weighted by molar-refractivity contribution is 5.74. The van der Waals surface area contributed by atoms with Gasteiger partial charge in [0.25, 0.3) is 0 Å². The van der Waals surface area contributed by atoms with Crippen molar-refractivity contribution < 1.29 is 18.7 Å². The van der Waals surface area contributed by atoms with Gasteiger partial charge in [-0.15, -0.1) is 0 Å². The first kappa shape index (κ1) is 13.6. The van der Waals surface area contributed by atoms with Crippen molar-refractivity contribution >= 4 is 5.97 Å². The Hall–Kier alpha value is -2.87. The van der Waals surface area contributed by atoms with Gasteiger partial charge in [0.2, 0.25) is 0 Å². The van der Waals surface area contributed by atoms with Gasteiger partial charge in [-0.2, -0.15) is 5.26 Å². The van der Waals surface area contributed by atoms with Gasteiger partial charge in [0.1, 0.15) is 23.4 Å². The summed E-state index contributed by atoms with van der Waals surface area (Å²) >= 11 is 0. The van der Waals surface area contributed by atoms with Gasteiger partial charge in [0, 0.05) is 6.07 Å². The molecule has 0 aromatic heterocycles. The number of ether oxygens (including phenoxy) is 2. The number of carbonyl (C=O) groups is 1. The van der Waals surface area contributed by atoms with Crippen molar-refractivity contribution in [3.8, 4) is 17.6 Å². The van der Waals surface area contributed by atoms with Crippen LogP contribution in [0.25, 0.3) is 0 Å². The Kier molecular flexibility index (Phi) is 4.30. The monoisotopic (exact) mass is 271 g/mol. The zero-order chi connectivity index (χ0) is 14.4. The normalized spacial score (nSPS) is 9.60. The topological polar surface area (TPSA) is 59.3 Å². The average Bonchev–Trinajstić information content (AvgIpc) is 2.45. The lowest BCUT2D eigenvalue weighted by molar-refractivity contribution is -0.136. The molecule has 0 saturated heterocycles. The predicted molar refractivity (Wildman–Crippen MR) is 68.7 cm³/mol. The van der Waals surface area contributed by atoms with Crippen LogP contribution in [0.1, 0.15) is 5.56 Å². The number of nitrogens with zero attached hydrogens (tertiary/aromatic N) is 1. The largest absolute Gasteiger partial charge is 0.481 e. The smallest absolute Gasteiger partial charge is 0.349 e. The Morgan fingerprint density at radius 3 is 2.75 bits per heavy atom. The zero-order valence-electron chi connectivity index (χ0n) is 10.4. The summed E-state index contributed by atoms with van der Waals surface area (Å²) in [6.45, 7) is -0.366. The van der Waals surface area contributed by atoms with E-state index in [4.69, 9.17) is 14.7 Å². The molecule has 5 heteroatoms. The molecule has 0 atom stereocenters. The van der Waals surface area contributed by atoms with Crippen molar-refractivity contribution in [3.63, 3.8) is 0 Å². The molecule has 0 aliphatic carbocycles. The van der Waals surface area contributed by atoms with Crippen LogP contribution >= 0.6 is 0 Å². The quantitative estimate of drug-likeness (QED) is 0.633. The van der Waals surface area contributed by atoms with Crippen LogP contribution < -0.4 is 9.47 Å². The van der Waals surface area contributed by atoms with E-state index in [1.54, 1.807) is 24.3 Å². The van der Waals surface area contributed by atoms with Crippen LogP contribution in [0.2, 0.25) is 0 Å². The molecule has 20 heavy (non-hydrogen) atoms. The van der Waals surface area contributed by atoms with Crippen LogP contribution in [0.3, 0.4) is 0 Å². The molecular formula is C15H10FNO3. The molecule has 0 radical (unpaired) electrons. The van der Waals surface area contributed by atoms with Crippen molar-refractivity contribution in [2.75, 3.05) is 6.61 Å². The average molecular weight is 271 g/mol. The highest BCUT2D eigenvalue weighted by Gasteiger charge is 2.08. The Morgan fingerprint density at radius 2 is 2.00 bits per heavy atom. The highest BCUT2D eigenvalue weighted by atomic mass is 19.1. The summed E-state index contributed by atoms with van der Waals surface area (Å²) in [5.41, 5.74) is 0.325. The number of hydrogen-bond donors (Lipinski definition) is 0. The number of esters is 1. The van der Waals surface area contributed by atoms with E-state index in [1.807, 2.05) is 6.07 Å². The van der Waals surface area contributed by atoms with Crippen molar-refractivity contribution in [1.29, 1.82) is 5.26 Å². The molecule has 0 heterocycles. The molecular weight excluding hydrogens is 261 g/mol. The Morgan fingerprint density at radius 1 is 1.20 bits per heavy atom. The molecule has 0 N–H and O–H groups in total. The number of nitriles is 1. The number of rotatable bonds is 4. The summed E-state index contributed by atoms with van der Waals surface area (Å²) in [6.07, 6.45) is 0. The van der Waals surface area contributed by atoms with E-state index >= 15 is 0 Å². The lowest BCUT2D eigenvalue weighted by Gasteiger charge is -2.07. The fraction of sp³-hybridized carbons (Fsp3) is 0.0667. The molecule has 4 nitrogen and oxygen atoms in total. The van der Waals surface area contributed by atoms with Crippen LogP contribution in [-0.2, 0) is 4.79 Å². The van der Waals surface area contributed by atoms with E-state index in [2.05, 4.69) is 0 Å². The Labute approximate surface area is 115 Å². The van der Waals surface area contributed by atoms with Gasteiger partial charge in [0.15, 0.2) is 6.61 Å². The fourth-order valence-corrected chi connectivity index (χ4v) is 1.51. The Bertz CT molecular complexity index is 664. The maximum absolute atomic E-state index is 12.9. The molecule has 0 aliphatic heterocycles. The van der Waals surface area contributed by atoms with E-state index in [0.717, 1.165) is 6.07 Å². The van der Waals surface area contributed by atoms with Crippen LogP contribution in [-0.4, -0.2) is 12.6 Å². The predicted octanol–water partition coefficient (Wildman–Crippen LogP) is 2.68. The second-order valence-electron chi connectivity index (χ2n) is 3.83. The van der Waals surface area contributed by atoms with Gasteiger partial charge in [-0.1, -0.05) is 18.2 Å². The number of halogens is 1. The van der Waals surface area contributed by atoms with Crippen molar-refractivity contribution in [3.05, 3.63) is 59.9 Å². The minimum atomic E-state index is -0.677. The van der Waals surface area contributed by atoms with Gasteiger partial charge in [-0.25, -0.2) is 9.18 Å². The summed E-state index contributed by atoms with van der Waals surface area (Å²) < 4.78 is 23.0. The number of carbonyl (C=O) groups excluding carboxylic acids is 1. The maximum Gasteiger partial charge on any atom is 0.349 e.